The Morgan fingerprint density at radius 2 is 2.17 bits per heavy atom. The van der Waals surface area contributed by atoms with Crippen LogP contribution in [-0.2, 0) is 4.74 Å². The predicted molar refractivity (Wildman–Crippen MR) is 69.0 cm³/mol. The zero-order chi connectivity index (χ0) is 13.3. The molecule has 2 rings (SSSR count). The van der Waals surface area contributed by atoms with Crippen LogP contribution in [0, 0.1) is 12.7 Å². The maximum Gasteiger partial charge on any atom is 0.348 e. The van der Waals surface area contributed by atoms with Crippen LogP contribution in [-0.4, -0.2) is 19.7 Å². The second-order valence-electron chi connectivity index (χ2n) is 3.73. The zero-order valence-corrected chi connectivity index (χ0v) is 11.2. The van der Waals surface area contributed by atoms with Crippen LogP contribution in [0.5, 0.6) is 5.75 Å². The summed E-state index contributed by atoms with van der Waals surface area (Å²) in [5.74, 6) is -0.206. The van der Waals surface area contributed by atoms with Crippen molar-refractivity contribution in [3.63, 3.8) is 0 Å². The number of carbonyl (C=O) groups is 1. The molecule has 0 radical (unpaired) electrons. The van der Waals surface area contributed by atoms with Crippen molar-refractivity contribution in [2.24, 2.45) is 0 Å². The van der Waals surface area contributed by atoms with Gasteiger partial charge in [0, 0.05) is 5.39 Å². The highest BCUT2D eigenvalue weighted by atomic mass is 32.1. The Kier molecular flexibility index (Phi) is 3.52. The number of rotatable bonds is 3. The zero-order valence-electron chi connectivity index (χ0n) is 10.4. The van der Waals surface area contributed by atoms with E-state index in [1.807, 2.05) is 0 Å². The molecule has 2 aromatic rings. The maximum absolute atomic E-state index is 13.7. The minimum absolute atomic E-state index is 0.298. The summed E-state index contributed by atoms with van der Waals surface area (Å²) in [5.41, 5.74) is 0.699. The first-order valence-corrected chi connectivity index (χ1v) is 6.34. The molecule has 1 aromatic heterocycles. The molecule has 0 unspecified atom stereocenters. The molecule has 0 amide bonds. The fraction of sp³-hybridized carbons (Fsp3) is 0.308. The van der Waals surface area contributed by atoms with Crippen LogP contribution in [0.2, 0.25) is 0 Å². The van der Waals surface area contributed by atoms with E-state index in [9.17, 15) is 9.18 Å². The lowest BCUT2D eigenvalue weighted by molar-refractivity contribution is 0.0531. The van der Waals surface area contributed by atoms with Crippen molar-refractivity contribution < 1.29 is 18.7 Å². The van der Waals surface area contributed by atoms with Crippen LogP contribution in [0.25, 0.3) is 10.1 Å². The van der Waals surface area contributed by atoms with E-state index in [1.165, 1.54) is 13.2 Å². The number of carbonyl (C=O) groups excluding carboxylic acids is 1. The van der Waals surface area contributed by atoms with Gasteiger partial charge in [-0.2, -0.15) is 0 Å². The van der Waals surface area contributed by atoms with Gasteiger partial charge in [0.2, 0.25) is 0 Å². The number of methoxy groups -OCH3 is 1. The summed E-state index contributed by atoms with van der Waals surface area (Å²) >= 11 is 1.10. The van der Waals surface area contributed by atoms with E-state index in [1.54, 1.807) is 19.9 Å². The number of ether oxygens (including phenoxy) is 2. The molecule has 0 aliphatic rings. The minimum Gasteiger partial charge on any atom is -0.496 e. The van der Waals surface area contributed by atoms with Crippen LogP contribution in [0.1, 0.15) is 22.2 Å². The summed E-state index contributed by atoms with van der Waals surface area (Å²) in [4.78, 5) is 12.2. The van der Waals surface area contributed by atoms with Gasteiger partial charge >= 0.3 is 5.97 Å². The Labute approximate surface area is 108 Å². The summed E-state index contributed by atoms with van der Waals surface area (Å²) < 4.78 is 24.3. The molecule has 0 fully saturated rings. The van der Waals surface area contributed by atoms with Crippen LogP contribution >= 0.6 is 11.3 Å². The fourth-order valence-corrected chi connectivity index (χ4v) is 2.97. The molecule has 0 N–H and O–H groups in total. The van der Waals surface area contributed by atoms with E-state index in [4.69, 9.17) is 9.47 Å². The molecule has 3 nitrogen and oxygen atoms in total. The molecular formula is C13H13FO3S. The normalized spacial score (nSPS) is 10.7. The first-order valence-electron chi connectivity index (χ1n) is 5.52. The molecule has 0 spiro atoms. The Hall–Kier alpha value is -1.62. The van der Waals surface area contributed by atoms with Gasteiger partial charge < -0.3 is 9.47 Å². The molecule has 0 saturated heterocycles. The number of esters is 1. The van der Waals surface area contributed by atoms with Gasteiger partial charge in [0.05, 0.1) is 18.4 Å². The number of thiophene rings is 1. The quantitative estimate of drug-likeness (QED) is 0.799. The molecule has 1 aromatic carbocycles. The van der Waals surface area contributed by atoms with E-state index >= 15 is 0 Å². The number of halogens is 1. The Balaban J connectivity index is 2.69. The lowest BCUT2D eigenvalue weighted by Gasteiger charge is -2.03. The van der Waals surface area contributed by atoms with Gasteiger partial charge in [0.1, 0.15) is 16.4 Å². The average Bonchev–Trinajstić information content (AvgIpc) is 2.70. The van der Waals surface area contributed by atoms with Crippen molar-refractivity contribution >= 4 is 27.4 Å². The molecule has 0 aliphatic heterocycles. The van der Waals surface area contributed by atoms with Crippen molar-refractivity contribution in [3.8, 4) is 5.75 Å². The van der Waals surface area contributed by atoms with Crippen molar-refractivity contribution in [3.05, 3.63) is 28.4 Å². The Bertz CT molecular complexity index is 604. The van der Waals surface area contributed by atoms with Gasteiger partial charge in [0.15, 0.2) is 0 Å². The Morgan fingerprint density at radius 1 is 1.44 bits per heavy atom. The van der Waals surface area contributed by atoms with Crippen LogP contribution in [0.4, 0.5) is 4.39 Å². The van der Waals surface area contributed by atoms with E-state index in [0.717, 1.165) is 11.3 Å². The third-order valence-electron chi connectivity index (χ3n) is 2.67. The highest BCUT2D eigenvalue weighted by molar-refractivity contribution is 7.21. The van der Waals surface area contributed by atoms with Crippen molar-refractivity contribution in [2.45, 2.75) is 13.8 Å². The molecule has 1 heterocycles. The van der Waals surface area contributed by atoms with Gasteiger partial charge in [-0.25, -0.2) is 9.18 Å². The summed E-state index contributed by atoms with van der Waals surface area (Å²) in [7, 11) is 1.52. The van der Waals surface area contributed by atoms with E-state index < -0.39 is 5.97 Å². The van der Waals surface area contributed by atoms with Crippen LogP contribution < -0.4 is 4.74 Å². The average molecular weight is 268 g/mol. The van der Waals surface area contributed by atoms with Crippen molar-refractivity contribution in [1.82, 2.24) is 0 Å². The topological polar surface area (TPSA) is 35.5 Å². The second kappa shape index (κ2) is 4.94. The van der Waals surface area contributed by atoms with E-state index in [0.29, 0.717) is 32.9 Å². The molecule has 96 valence electrons. The van der Waals surface area contributed by atoms with Gasteiger partial charge in [-0.3, -0.25) is 0 Å². The molecule has 18 heavy (non-hydrogen) atoms. The SMILES string of the molecule is CCOC(=O)c1sc2c(F)ccc(OC)c2c1C. The number of aryl methyl sites for hydroxylation is 1. The first kappa shape index (κ1) is 12.8. The van der Waals surface area contributed by atoms with E-state index in [-0.39, 0.29) is 5.82 Å². The number of fused-ring (bicyclic) bond motifs is 1. The van der Waals surface area contributed by atoms with Gasteiger partial charge in [0.25, 0.3) is 0 Å². The smallest absolute Gasteiger partial charge is 0.348 e. The fourth-order valence-electron chi connectivity index (χ4n) is 1.85. The molecule has 5 heteroatoms. The second-order valence-corrected chi connectivity index (χ2v) is 4.75. The maximum atomic E-state index is 13.7. The summed E-state index contributed by atoms with van der Waals surface area (Å²) in [6, 6.07) is 2.90. The van der Waals surface area contributed by atoms with E-state index in [2.05, 4.69) is 0 Å². The van der Waals surface area contributed by atoms with Gasteiger partial charge in [-0.05, 0) is 31.5 Å². The summed E-state index contributed by atoms with van der Waals surface area (Å²) in [5, 5.41) is 0.644. The highest BCUT2D eigenvalue weighted by Gasteiger charge is 2.21. The molecule has 0 atom stereocenters. The molecule has 0 aliphatic carbocycles. The minimum atomic E-state index is -0.419. The monoisotopic (exact) mass is 268 g/mol. The molecule has 0 bridgehead atoms. The predicted octanol–water partition coefficient (Wildman–Crippen LogP) is 3.53. The number of hydrogen-bond donors (Lipinski definition) is 0. The Morgan fingerprint density at radius 3 is 2.78 bits per heavy atom. The third-order valence-corrected chi connectivity index (χ3v) is 3.95. The first-order chi connectivity index (χ1) is 8.60. The summed E-state index contributed by atoms with van der Waals surface area (Å²) in [6.07, 6.45) is 0. The lowest BCUT2D eigenvalue weighted by Crippen LogP contribution is -2.03. The molecular weight excluding hydrogens is 255 g/mol. The van der Waals surface area contributed by atoms with Crippen LogP contribution in [0.3, 0.4) is 0 Å². The third kappa shape index (κ3) is 1.95. The molecule has 0 saturated carbocycles. The van der Waals surface area contributed by atoms with Gasteiger partial charge in [-0.1, -0.05) is 0 Å². The largest absolute Gasteiger partial charge is 0.496 e. The number of hydrogen-bond acceptors (Lipinski definition) is 4. The van der Waals surface area contributed by atoms with Crippen molar-refractivity contribution in [2.75, 3.05) is 13.7 Å². The van der Waals surface area contributed by atoms with Crippen molar-refractivity contribution in [1.29, 1.82) is 0 Å². The highest BCUT2D eigenvalue weighted by Crippen LogP contribution is 2.38. The van der Waals surface area contributed by atoms with Crippen LogP contribution in [0.15, 0.2) is 12.1 Å². The standard InChI is InChI=1S/C13H13FO3S/c1-4-17-13(15)11-7(2)10-9(16-3)6-5-8(14)12(10)18-11/h5-6H,4H2,1-3H3. The summed E-state index contributed by atoms with van der Waals surface area (Å²) in [6.45, 7) is 3.81. The number of benzene rings is 1. The van der Waals surface area contributed by atoms with Gasteiger partial charge in [-0.15, -0.1) is 11.3 Å². The lowest BCUT2D eigenvalue weighted by atomic mass is 10.1.